The molecule has 0 radical (unpaired) electrons. The number of aromatic nitrogens is 1. The number of hydrogen-bond acceptors (Lipinski definition) is 2. The van der Waals surface area contributed by atoms with E-state index in [0.29, 0.717) is 24.2 Å². The smallest absolute Gasteiger partial charge is 0.268 e. The molecule has 0 bridgehead atoms. The molecule has 2 heterocycles. The van der Waals surface area contributed by atoms with Crippen LogP contribution in [0.2, 0.25) is 0 Å². The Bertz CT molecular complexity index is 645. The molecule has 0 spiro atoms. The lowest BCUT2D eigenvalue weighted by Gasteiger charge is -1.98. The van der Waals surface area contributed by atoms with Crippen molar-refractivity contribution in [3.63, 3.8) is 0 Å². The zero-order valence-corrected chi connectivity index (χ0v) is 10.4. The zero-order valence-electron chi connectivity index (χ0n) is 8.84. The maximum atomic E-state index is 12.0. The summed E-state index contributed by atoms with van der Waals surface area (Å²) in [5.74, 6) is -0.217. The molecule has 2 aromatic rings. The number of rotatable bonds is 0. The average molecular weight is 293 g/mol. The minimum absolute atomic E-state index is 0.00324. The summed E-state index contributed by atoms with van der Waals surface area (Å²) >= 11 is 3.42. The molecule has 1 aliphatic rings. The van der Waals surface area contributed by atoms with Crippen LogP contribution in [0.3, 0.4) is 0 Å². The van der Waals surface area contributed by atoms with Crippen molar-refractivity contribution in [2.45, 2.75) is 6.42 Å². The summed E-state index contributed by atoms with van der Waals surface area (Å²) in [7, 11) is 0. The first-order valence-electron chi connectivity index (χ1n) is 5.30. The highest BCUT2D eigenvalue weighted by molar-refractivity contribution is 9.10. The highest BCUT2D eigenvalue weighted by atomic mass is 79.9. The van der Waals surface area contributed by atoms with Crippen molar-refractivity contribution in [1.82, 2.24) is 10.3 Å². The van der Waals surface area contributed by atoms with E-state index in [-0.39, 0.29) is 11.7 Å². The van der Waals surface area contributed by atoms with Crippen LogP contribution in [0.5, 0.6) is 0 Å². The van der Waals surface area contributed by atoms with E-state index < -0.39 is 0 Å². The van der Waals surface area contributed by atoms with Crippen molar-refractivity contribution >= 4 is 38.5 Å². The van der Waals surface area contributed by atoms with Crippen LogP contribution in [0.4, 0.5) is 0 Å². The number of benzene rings is 1. The number of amides is 1. The molecule has 17 heavy (non-hydrogen) atoms. The Morgan fingerprint density at radius 1 is 1.24 bits per heavy atom. The number of H-pyrrole nitrogens is 1. The maximum Gasteiger partial charge on any atom is 0.268 e. The third-order valence-electron chi connectivity index (χ3n) is 2.92. The average Bonchev–Trinajstić information content (AvgIpc) is 2.63. The van der Waals surface area contributed by atoms with Crippen LogP contribution in [-0.2, 0) is 0 Å². The molecule has 0 fully saturated rings. The van der Waals surface area contributed by atoms with Crippen LogP contribution >= 0.6 is 15.9 Å². The number of Topliss-reactive ketones (excluding diaryl/α,β-unsaturated/α-hetero) is 1. The van der Waals surface area contributed by atoms with Crippen LogP contribution in [0.25, 0.3) is 10.9 Å². The molecule has 4 nitrogen and oxygen atoms in total. The van der Waals surface area contributed by atoms with Gasteiger partial charge in [-0.2, -0.15) is 0 Å². The zero-order chi connectivity index (χ0) is 12.0. The summed E-state index contributed by atoms with van der Waals surface area (Å²) in [6.07, 6.45) is 0.340. The predicted octanol–water partition coefficient (Wildman–Crippen LogP) is 2.25. The lowest BCUT2D eigenvalue weighted by Crippen LogP contribution is -2.23. The molecule has 1 aromatic heterocycles. The second-order valence-electron chi connectivity index (χ2n) is 3.97. The van der Waals surface area contributed by atoms with Crippen LogP contribution in [-0.4, -0.2) is 23.2 Å². The fraction of sp³-hybridized carbons (Fsp3) is 0.167. The van der Waals surface area contributed by atoms with Gasteiger partial charge < -0.3 is 10.3 Å². The van der Waals surface area contributed by atoms with Crippen molar-refractivity contribution in [3.05, 3.63) is 33.9 Å². The number of nitrogens with one attached hydrogen (secondary N) is 2. The Hall–Kier alpha value is -1.62. The number of hydrogen-bond donors (Lipinski definition) is 2. The lowest BCUT2D eigenvalue weighted by atomic mass is 10.1. The summed E-state index contributed by atoms with van der Waals surface area (Å²) in [5, 5.41) is 3.50. The summed E-state index contributed by atoms with van der Waals surface area (Å²) < 4.78 is 0.829. The van der Waals surface area contributed by atoms with Gasteiger partial charge >= 0.3 is 0 Å². The monoisotopic (exact) mass is 292 g/mol. The summed E-state index contributed by atoms with van der Waals surface area (Å²) in [6.45, 7) is 0.395. The molecule has 0 aliphatic carbocycles. The van der Waals surface area contributed by atoms with E-state index in [1.165, 1.54) is 0 Å². The van der Waals surface area contributed by atoms with Crippen molar-refractivity contribution in [2.24, 2.45) is 0 Å². The molecule has 0 saturated carbocycles. The molecule has 0 unspecified atom stereocenters. The van der Waals surface area contributed by atoms with E-state index >= 15 is 0 Å². The molecule has 0 saturated heterocycles. The Balaban J connectivity index is 2.42. The normalized spacial score (nSPS) is 15.6. The number of fused-ring (bicyclic) bond motifs is 3. The van der Waals surface area contributed by atoms with Gasteiger partial charge in [0.2, 0.25) is 0 Å². The Morgan fingerprint density at radius 2 is 2.06 bits per heavy atom. The van der Waals surface area contributed by atoms with E-state index in [2.05, 4.69) is 26.2 Å². The van der Waals surface area contributed by atoms with Crippen LogP contribution in [0.15, 0.2) is 22.7 Å². The van der Waals surface area contributed by atoms with Gasteiger partial charge in [0, 0.05) is 28.3 Å². The Kier molecular flexibility index (Phi) is 2.29. The van der Waals surface area contributed by atoms with E-state index in [1.807, 2.05) is 18.2 Å². The molecular formula is C12H9BrN2O2. The third-order valence-corrected chi connectivity index (χ3v) is 3.58. The third kappa shape index (κ3) is 1.50. The minimum Gasteiger partial charge on any atom is -0.350 e. The van der Waals surface area contributed by atoms with Gasteiger partial charge in [0.05, 0.1) is 5.56 Å². The SMILES string of the molecule is O=C1NCCC(=O)c2c1[nH]c1cccc(Br)c21. The molecule has 5 heteroatoms. The van der Waals surface area contributed by atoms with Gasteiger partial charge in [-0.25, -0.2) is 0 Å². The van der Waals surface area contributed by atoms with Crippen LogP contribution in [0.1, 0.15) is 27.3 Å². The Labute approximate surface area is 106 Å². The van der Waals surface area contributed by atoms with Crippen molar-refractivity contribution in [3.8, 4) is 0 Å². The molecule has 3 rings (SSSR count). The van der Waals surface area contributed by atoms with Crippen molar-refractivity contribution < 1.29 is 9.59 Å². The van der Waals surface area contributed by atoms with E-state index in [4.69, 9.17) is 0 Å². The molecule has 1 amide bonds. The first kappa shape index (κ1) is 10.5. The Morgan fingerprint density at radius 3 is 2.88 bits per heavy atom. The van der Waals surface area contributed by atoms with Crippen molar-refractivity contribution in [1.29, 1.82) is 0 Å². The molecule has 1 aliphatic heterocycles. The molecular weight excluding hydrogens is 284 g/mol. The topological polar surface area (TPSA) is 62.0 Å². The number of carbonyl (C=O) groups is 2. The molecule has 1 aromatic carbocycles. The van der Waals surface area contributed by atoms with Gasteiger partial charge in [-0.3, -0.25) is 9.59 Å². The van der Waals surface area contributed by atoms with Crippen molar-refractivity contribution in [2.75, 3.05) is 6.54 Å². The molecule has 2 N–H and O–H groups in total. The highest BCUT2D eigenvalue weighted by Crippen LogP contribution is 2.31. The number of halogens is 1. The fourth-order valence-corrected chi connectivity index (χ4v) is 2.72. The van der Waals surface area contributed by atoms with E-state index in [1.54, 1.807) is 0 Å². The van der Waals surface area contributed by atoms with Gasteiger partial charge in [-0.1, -0.05) is 22.0 Å². The van der Waals surface area contributed by atoms with Gasteiger partial charge in [0.25, 0.3) is 5.91 Å². The van der Waals surface area contributed by atoms with Gasteiger partial charge in [-0.05, 0) is 12.1 Å². The maximum absolute atomic E-state index is 12.0. The standard InChI is InChI=1S/C12H9BrN2O2/c13-6-2-1-3-7-9(6)10-8(16)4-5-14-12(17)11(10)15-7/h1-3,15H,4-5H2,(H,14,17). The number of ketones is 1. The van der Waals surface area contributed by atoms with Crippen LogP contribution in [0, 0.1) is 0 Å². The molecule has 86 valence electrons. The quantitative estimate of drug-likeness (QED) is 0.782. The fourth-order valence-electron chi connectivity index (χ4n) is 2.16. The summed E-state index contributed by atoms with van der Waals surface area (Å²) in [6, 6.07) is 5.59. The lowest BCUT2D eigenvalue weighted by molar-refractivity contribution is 0.0952. The van der Waals surface area contributed by atoms with Gasteiger partial charge in [0.1, 0.15) is 5.69 Å². The number of aromatic amines is 1. The second-order valence-corrected chi connectivity index (χ2v) is 4.82. The van der Waals surface area contributed by atoms with E-state index in [9.17, 15) is 9.59 Å². The van der Waals surface area contributed by atoms with Gasteiger partial charge in [-0.15, -0.1) is 0 Å². The summed E-state index contributed by atoms with van der Waals surface area (Å²) in [4.78, 5) is 26.9. The second kappa shape index (κ2) is 3.70. The molecule has 0 atom stereocenters. The number of carbonyl (C=O) groups excluding carboxylic acids is 2. The summed E-state index contributed by atoms with van der Waals surface area (Å²) in [5.41, 5.74) is 1.67. The largest absolute Gasteiger partial charge is 0.350 e. The first-order chi connectivity index (χ1) is 8.18. The highest BCUT2D eigenvalue weighted by Gasteiger charge is 2.26. The van der Waals surface area contributed by atoms with Gasteiger partial charge in [0.15, 0.2) is 5.78 Å². The van der Waals surface area contributed by atoms with E-state index in [0.717, 1.165) is 15.4 Å². The first-order valence-corrected chi connectivity index (χ1v) is 6.09. The minimum atomic E-state index is -0.214. The van der Waals surface area contributed by atoms with Crippen LogP contribution < -0.4 is 5.32 Å². The predicted molar refractivity (Wildman–Crippen MR) is 67.3 cm³/mol.